The molecule has 2 aromatic rings. The lowest BCUT2D eigenvalue weighted by Crippen LogP contribution is -2.61. The SMILES string of the molecule is CCS(=O)(=O)N[C@@H]1CC[C@@H](CN2CCC3(CC2)CN(c2ncncc2Oc2ccc(F)cc2C=O)C3)OC1. The number of nitrogens with one attached hydrogen (secondary N) is 1. The van der Waals surface area contributed by atoms with Crippen LogP contribution in [0.3, 0.4) is 0 Å². The minimum atomic E-state index is -3.21. The van der Waals surface area contributed by atoms with Gasteiger partial charge in [0.15, 0.2) is 17.9 Å². The fraction of sp³-hybridized carbons (Fsp3) is 0.577. The zero-order valence-corrected chi connectivity index (χ0v) is 22.3. The first-order valence-electron chi connectivity index (χ1n) is 13.1. The van der Waals surface area contributed by atoms with E-state index in [4.69, 9.17) is 9.47 Å². The molecular formula is C26H34FN5O5S. The number of halogens is 1. The highest BCUT2D eigenvalue weighted by molar-refractivity contribution is 7.89. The first-order valence-corrected chi connectivity index (χ1v) is 14.7. The van der Waals surface area contributed by atoms with E-state index in [1.807, 2.05) is 0 Å². The lowest BCUT2D eigenvalue weighted by atomic mass is 9.72. The molecule has 12 heteroatoms. The van der Waals surface area contributed by atoms with E-state index in [0.717, 1.165) is 64.5 Å². The number of piperidine rings is 1. The molecule has 3 aliphatic rings. The molecule has 1 aromatic heterocycles. The maximum Gasteiger partial charge on any atom is 0.211 e. The molecule has 1 spiro atoms. The smallest absolute Gasteiger partial charge is 0.211 e. The Hall–Kier alpha value is -2.67. The topological polar surface area (TPSA) is 114 Å². The van der Waals surface area contributed by atoms with Gasteiger partial charge in [0.25, 0.3) is 0 Å². The van der Waals surface area contributed by atoms with Crippen molar-refractivity contribution in [3.05, 3.63) is 42.1 Å². The summed E-state index contributed by atoms with van der Waals surface area (Å²) in [5.41, 5.74) is 0.353. The maximum atomic E-state index is 13.5. The third-order valence-electron chi connectivity index (χ3n) is 7.80. The molecule has 0 saturated carbocycles. The quantitative estimate of drug-likeness (QED) is 0.473. The van der Waals surface area contributed by atoms with Crippen LogP contribution in [0.15, 0.2) is 30.7 Å². The summed E-state index contributed by atoms with van der Waals surface area (Å²) in [5, 5.41) is 0. The van der Waals surface area contributed by atoms with Gasteiger partial charge in [-0.15, -0.1) is 0 Å². The molecule has 0 bridgehead atoms. The van der Waals surface area contributed by atoms with Crippen molar-refractivity contribution >= 4 is 22.1 Å². The Morgan fingerprint density at radius 3 is 2.71 bits per heavy atom. The van der Waals surface area contributed by atoms with Crippen LogP contribution in [-0.2, 0) is 14.8 Å². The minimum absolute atomic E-state index is 0.0841. The van der Waals surface area contributed by atoms with Crippen molar-refractivity contribution in [1.82, 2.24) is 19.6 Å². The zero-order chi connectivity index (χ0) is 26.8. The van der Waals surface area contributed by atoms with Crippen LogP contribution < -0.4 is 14.4 Å². The predicted molar refractivity (Wildman–Crippen MR) is 140 cm³/mol. The number of benzene rings is 1. The highest BCUT2D eigenvalue weighted by Crippen LogP contribution is 2.45. The Bertz CT molecular complexity index is 1240. The normalized spacial score (nSPS) is 23.7. The average molecular weight is 548 g/mol. The summed E-state index contributed by atoms with van der Waals surface area (Å²) in [6.45, 7) is 6.63. The van der Waals surface area contributed by atoms with E-state index in [9.17, 15) is 17.6 Å². The van der Waals surface area contributed by atoms with Crippen LogP contribution in [0, 0.1) is 11.2 Å². The second-order valence-electron chi connectivity index (χ2n) is 10.5. The van der Waals surface area contributed by atoms with Gasteiger partial charge in [0, 0.05) is 31.1 Å². The molecule has 3 aliphatic heterocycles. The molecule has 2 atom stereocenters. The molecule has 3 saturated heterocycles. The standard InChI is InChI=1S/C26H34FN5O5S/c1-2-38(34,35)30-21-4-5-22(36-15-21)13-31-9-7-26(8-10-31)16-32(17-26)25-24(12-28-18-29-25)37-23-6-3-20(27)11-19(23)14-33/h3,6,11-12,14,18,21-22,30H,2,4-5,7-10,13,15-17H2,1H3/t21-,22+/m1/s1. The van der Waals surface area contributed by atoms with Crippen molar-refractivity contribution < 1.29 is 27.1 Å². The van der Waals surface area contributed by atoms with Crippen LogP contribution in [0.1, 0.15) is 43.0 Å². The molecule has 38 heavy (non-hydrogen) atoms. The second-order valence-corrected chi connectivity index (χ2v) is 12.6. The second kappa shape index (κ2) is 11.2. The summed E-state index contributed by atoms with van der Waals surface area (Å²) in [6.07, 6.45) is 7.53. The Kier molecular flexibility index (Phi) is 7.94. The van der Waals surface area contributed by atoms with Crippen LogP contribution in [0.5, 0.6) is 11.5 Å². The summed E-state index contributed by atoms with van der Waals surface area (Å²) in [4.78, 5) is 24.5. The first kappa shape index (κ1) is 26.9. The fourth-order valence-corrected chi connectivity index (χ4v) is 6.41. The van der Waals surface area contributed by atoms with Crippen LogP contribution in [0.25, 0.3) is 0 Å². The van der Waals surface area contributed by atoms with Crippen LogP contribution in [0.2, 0.25) is 0 Å². The van der Waals surface area contributed by atoms with E-state index >= 15 is 0 Å². The van der Waals surface area contributed by atoms with E-state index in [-0.39, 0.29) is 34.6 Å². The van der Waals surface area contributed by atoms with Gasteiger partial charge >= 0.3 is 0 Å². The number of sulfonamides is 1. The van der Waals surface area contributed by atoms with E-state index in [1.165, 1.54) is 18.5 Å². The highest BCUT2D eigenvalue weighted by atomic mass is 32.2. The van der Waals surface area contributed by atoms with Gasteiger partial charge in [0.2, 0.25) is 10.0 Å². The monoisotopic (exact) mass is 547 g/mol. The molecule has 4 heterocycles. The van der Waals surface area contributed by atoms with Crippen LogP contribution >= 0.6 is 0 Å². The molecule has 5 rings (SSSR count). The van der Waals surface area contributed by atoms with Gasteiger partial charge in [0.1, 0.15) is 17.9 Å². The number of carbonyl (C=O) groups excluding carboxylic acids is 1. The number of ether oxygens (including phenoxy) is 2. The molecule has 10 nitrogen and oxygen atoms in total. The number of hydrogen-bond donors (Lipinski definition) is 1. The van der Waals surface area contributed by atoms with Gasteiger partial charge in [-0.1, -0.05) is 0 Å². The Morgan fingerprint density at radius 1 is 1.24 bits per heavy atom. The molecule has 1 aromatic carbocycles. The summed E-state index contributed by atoms with van der Waals surface area (Å²) < 4.78 is 51.7. The Morgan fingerprint density at radius 2 is 2.03 bits per heavy atom. The van der Waals surface area contributed by atoms with E-state index in [0.29, 0.717) is 24.5 Å². The molecule has 1 N–H and O–H groups in total. The van der Waals surface area contributed by atoms with E-state index in [1.54, 1.807) is 13.1 Å². The first-order chi connectivity index (χ1) is 18.3. The molecule has 0 radical (unpaired) electrons. The highest BCUT2D eigenvalue weighted by Gasteiger charge is 2.46. The van der Waals surface area contributed by atoms with Crippen LogP contribution in [-0.4, -0.2) is 86.8 Å². The summed E-state index contributed by atoms with van der Waals surface area (Å²) in [7, 11) is -3.21. The summed E-state index contributed by atoms with van der Waals surface area (Å²) in [5.74, 6) is 0.945. The van der Waals surface area contributed by atoms with Gasteiger partial charge in [-0.2, -0.15) is 0 Å². The zero-order valence-electron chi connectivity index (χ0n) is 21.5. The summed E-state index contributed by atoms with van der Waals surface area (Å²) >= 11 is 0. The number of aldehydes is 1. The van der Waals surface area contributed by atoms with Crippen molar-refractivity contribution in [3.63, 3.8) is 0 Å². The Balaban J connectivity index is 1.11. The number of rotatable bonds is 9. The molecule has 0 amide bonds. The number of nitrogens with zero attached hydrogens (tertiary/aromatic N) is 4. The van der Waals surface area contributed by atoms with Gasteiger partial charge in [0.05, 0.1) is 30.2 Å². The molecule has 0 unspecified atom stereocenters. The number of aromatic nitrogens is 2. The average Bonchev–Trinajstić information content (AvgIpc) is 2.90. The maximum absolute atomic E-state index is 13.5. The third-order valence-corrected chi connectivity index (χ3v) is 9.26. The molecule has 206 valence electrons. The summed E-state index contributed by atoms with van der Waals surface area (Å²) in [6, 6.07) is 3.69. The largest absolute Gasteiger partial charge is 0.451 e. The lowest BCUT2D eigenvalue weighted by molar-refractivity contribution is -0.0299. The molecule has 0 aliphatic carbocycles. The van der Waals surface area contributed by atoms with Gasteiger partial charge in [-0.3, -0.25) is 4.79 Å². The number of hydrogen-bond acceptors (Lipinski definition) is 9. The molecule has 3 fully saturated rings. The molecular weight excluding hydrogens is 513 g/mol. The number of anilines is 1. The van der Waals surface area contributed by atoms with Crippen LogP contribution in [0.4, 0.5) is 10.2 Å². The predicted octanol–water partition coefficient (Wildman–Crippen LogP) is 2.61. The van der Waals surface area contributed by atoms with Gasteiger partial charge in [-0.25, -0.2) is 27.5 Å². The van der Waals surface area contributed by atoms with Crippen molar-refractivity contribution in [2.45, 2.75) is 44.8 Å². The Labute approximate surface area is 222 Å². The van der Waals surface area contributed by atoms with Crippen molar-refractivity contribution in [2.75, 3.05) is 50.0 Å². The van der Waals surface area contributed by atoms with Gasteiger partial charge < -0.3 is 19.3 Å². The minimum Gasteiger partial charge on any atom is -0.451 e. The lowest BCUT2D eigenvalue weighted by Gasteiger charge is -2.54. The van der Waals surface area contributed by atoms with Crippen molar-refractivity contribution in [2.24, 2.45) is 5.41 Å². The number of likely N-dealkylation sites (tertiary alicyclic amines) is 1. The van der Waals surface area contributed by atoms with E-state index < -0.39 is 15.8 Å². The number of carbonyl (C=O) groups is 1. The van der Waals surface area contributed by atoms with Gasteiger partial charge in [-0.05, 0) is 63.9 Å². The van der Waals surface area contributed by atoms with Crippen molar-refractivity contribution in [1.29, 1.82) is 0 Å². The van der Waals surface area contributed by atoms with Crippen molar-refractivity contribution in [3.8, 4) is 11.5 Å². The fourth-order valence-electron chi connectivity index (χ4n) is 5.55. The van der Waals surface area contributed by atoms with E-state index in [2.05, 4.69) is 24.5 Å². The third kappa shape index (κ3) is 6.14.